The summed E-state index contributed by atoms with van der Waals surface area (Å²) < 4.78 is 2.02. The van der Waals surface area contributed by atoms with Crippen LogP contribution in [0, 0.1) is 5.41 Å². The highest BCUT2D eigenvalue weighted by Gasteiger charge is 2.38. The van der Waals surface area contributed by atoms with E-state index >= 15 is 0 Å². The molecule has 1 aromatic carbocycles. The summed E-state index contributed by atoms with van der Waals surface area (Å²) in [4.78, 5) is 28.8. The van der Waals surface area contributed by atoms with Crippen molar-refractivity contribution in [3.05, 3.63) is 87.5 Å². The number of carbonyl (C=O) groups is 1. The van der Waals surface area contributed by atoms with Crippen molar-refractivity contribution < 1.29 is 9.90 Å². The first-order valence-corrected chi connectivity index (χ1v) is 10.5. The summed E-state index contributed by atoms with van der Waals surface area (Å²) in [7, 11) is 0. The first-order chi connectivity index (χ1) is 14.8. The standard InChI is InChI=1S/C26H24N2O3/c1-26(2,3)24-12-18-15-7-6-8-16(21-9-4-5-10-27-21)17(15)11-19(18)22-13-23(29)20(25(30)31)14-28(22)24/h4-10,13-14,24H,11-12H2,1-3H3,(H,30,31)/t24-/m0/s1. The molecule has 1 atom stereocenters. The molecule has 1 aliphatic carbocycles. The number of hydrogen-bond acceptors (Lipinski definition) is 3. The molecule has 31 heavy (non-hydrogen) atoms. The minimum Gasteiger partial charge on any atom is -0.477 e. The predicted octanol–water partition coefficient (Wildman–Crippen LogP) is 5.07. The van der Waals surface area contributed by atoms with Crippen LogP contribution in [0.25, 0.3) is 22.4 Å². The van der Waals surface area contributed by atoms with E-state index in [0.717, 1.165) is 28.9 Å². The fourth-order valence-electron chi connectivity index (χ4n) is 4.97. The van der Waals surface area contributed by atoms with Gasteiger partial charge in [-0.25, -0.2) is 4.79 Å². The molecule has 0 bridgehead atoms. The van der Waals surface area contributed by atoms with E-state index in [1.165, 1.54) is 22.8 Å². The van der Waals surface area contributed by atoms with E-state index < -0.39 is 11.4 Å². The van der Waals surface area contributed by atoms with E-state index in [1.54, 1.807) is 12.4 Å². The molecule has 3 heterocycles. The summed E-state index contributed by atoms with van der Waals surface area (Å²) in [6.45, 7) is 6.48. The number of benzene rings is 1. The third kappa shape index (κ3) is 3.03. The molecular formula is C26H24N2O3. The van der Waals surface area contributed by atoms with E-state index in [9.17, 15) is 14.7 Å². The third-order valence-corrected chi connectivity index (χ3v) is 6.51. The number of hydrogen-bond donors (Lipinski definition) is 1. The zero-order chi connectivity index (χ0) is 21.9. The first-order valence-electron chi connectivity index (χ1n) is 10.5. The normalized spacial score (nSPS) is 17.2. The second kappa shape index (κ2) is 6.77. The fraction of sp³-hybridized carbons (Fsp3) is 0.269. The molecule has 2 aromatic heterocycles. The molecular weight excluding hydrogens is 388 g/mol. The first kappa shape index (κ1) is 19.5. The Hall–Kier alpha value is -3.47. The number of rotatable bonds is 2. The second-order valence-corrected chi connectivity index (χ2v) is 9.42. The fourth-order valence-corrected chi connectivity index (χ4v) is 4.97. The minimum atomic E-state index is -1.18. The van der Waals surface area contributed by atoms with Crippen LogP contribution in [0.1, 0.15) is 60.4 Å². The largest absolute Gasteiger partial charge is 0.477 e. The summed E-state index contributed by atoms with van der Waals surface area (Å²) >= 11 is 0. The lowest BCUT2D eigenvalue weighted by Gasteiger charge is -2.39. The molecule has 5 nitrogen and oxygen atoms in total. The number of pyridine rings is 2. The van der Waals surface area contributed by atoms with Gasteiger partial charge >= 0.3 is 5.97 Å². The highest BCUT2D eigenvalue weighted by atomic mass is 16.4. The van der Waals surface area contributed by atoms with Gasteiger partial charge in [0, 0.05) is 42.2 Å². The van der Waals surface area contributed by atoms with Gasteiger partial charge < -0.3 is 9.67 Å². The Kier molecular flexibility index (Phi) is 4.26. The summed E-state index contributed by atoms with van der Waals surface area (Å²) in [6, 6.07) is 13.8. The molecule has 3 aromatic rings. The van der Waals surface area contributed by atoms with E-state index in [4.69, 9.17) is 0 Å². The highest BCUT2D eigenvalue weighted by molar-refractivity contribution is 6.00. The SMILES string of the molecule is CC(C)(C)[C@@H]1CC2=C(Cc3c2cccc3-c2ccccn2)c2cc(=O)c(C(=O)O)cn21. The maximum Gasteiger partial charge on any atom is 0.341 e. The van der Waals surface area contributed by atoms with E-state index in [-0.39, 0.29) is 17.0 Å². The number of aromatic nitrogens is 2. The summed E-state index contributed by atoms with van der Waals surface area (Å²) in [5.41, 5.74) is 6.96. The van der Waals surface area contributed by atoms with Crippen LogP contribution in [0.4, 0.5) is 0 Å². The Morgan fingerprint density at radius 2 is 1.87 bits per heavy atom. The van der Waals surface area contributed by atoms with Crippen molar-refractivity contribution in [1.82, 2.24) is 9.55 Å². The molecule has 0 unspecified atom stereocenters. The Bertz CT molecular complexity index is 1310. The van der Waals surface area contributed by atoms with Crippen molar-refractivity contribution in [2.45, 2.75) is 39.7 Å². The predicted molar refractivity (Wildman–Crippen MR) is 121 cm³/mol. The van der Waals surface area contributed by atoms with E-state index in [0.29, 0.717) is 6.42 Å². The molecule has 0 saturated heterocycles. The molecule has 0 radical (unpaired) electrons. The van der Waals surface area contributed by atoms with Crippen molar-refractivity contribution in [1.29, 1.82) is 0 Å². The van der Waals surface area contributed by atoms with Crippen molar-refractivity contribution in [3.8, 4) is 11.3 Å². The van der Waals surface area contributed by atoms with Gasteiger partial charge in [0.1, 0.15) is 5.56 Å². The molecule has 156 valence electrons. The molecule has 0 saturated carbocycles. The Morgan fingerprint density at radius 3 is 2.55 bits per heavy atom. The van der Waals surface area contributed by atoms with Gasteiger partial charge in [-0.15, -0.1) is 0 Å². The van der Waals surface area contributed by atoms with Gasteiger partial charge in [-0.2, -0.15) is 0 Å². The quantitative estimate of drug-likeness (QED) is 0.638. The van der Waals surface area contributed by atoms with Crippen LogP contribution in [-0.4, -0.2) is 20.6 Å². The van der Waals surface area contributed by atoms with Crippen LogP contribution in [-0.2, 0) is 6.42 Å². The number of nitrogens with zero attached hydrogens (tertiary/aromatic N) is 2. The Balaban J connectivity index is 1.73. The lowest BCUT2D eigenvalue weighted by Crippen LogP contribution is -2.32. The van der Waals surface area contributed by atoms with Gasteiger partial charge in [0.05, 0.1) is 5.69 Å². The number of carboxylic acid groups (broad SMARTS) is 1. The highest BCUT2D eigenvalue weighted by Crippen LogP contribution is 2.51. The number of allylic oxidation sites excluding steroid dienone is 2. The molecule has 5 rings (SSSR count). The Morgan fingerprint density at radius 1 is 1.10 bits per heavy atom. The lowest BCUT2D eigenvalue weighted by molar-refractivity contribution is 0.0693. The monoisotopic (exact) mass is 412 g/mol. The molecule has 0 fully saturated rings. The van der Waals surface area contributed by atoms with Crippen LogP contribution in [0.15, 0.2) is 59.7 Å². The topological polar surface area (TPSA) is 72.2 Å². The maximum absolute atomic E-state index is 12.6. The number of carboxylic acids is 1. The average Bonchev–Trinajstić information content (AvgIpc) is 3.11. The summed E-state index contributed by atoms with van der Waals surface area (Å²) in [5, 5.41) is 9.52. The van der Waals surface area contributed by atoms with Gasteiger partial charge in [0.2, 0.25) is 0 Å². The third-order valence-electron chi connectivity index (χ3n) is 6.51. The van der Waals surface area contributed by atoms with Gasteiger partial charge in [0.15, 0.2) is 5.43 Å². The smallest absolute Gasteiger partial charge is 0.341 e. The minimum absolute atomic E-state index is 0.0457. The molecule has 5 heteroatoms. The van der Waals surface area contributed by atoms with Gasteiger partial charge in [-0.3, -0.25) is 9.78 Å². The zero-order valence-corrected chi connectivity index (χ0v) is 17.8. The van der Waals surface area contributed by atoms with Crippen LogP contribution in [0.2, 0.25) is 0 Å². The van der Waals surface area contributed by atoms with Gasteiger partial charge in [-0.1, -0.05) is 45.0 Å². The van der Waals surface area contributed by atoms with Crippen molar-refractivity contribution in [2.24, 2.45) is 5.41 Å². The molecule has 2 aliphatic rings. The van der Waals surface area contributed by atoms with Crippen LogP contribution >= 0.6 is 0 Å². The zero-order valence-electron chi connectivity index (χ0n) is 17.8. The van der Waals surface area contributed by atoms with E-state index in [1.807, 2.05) is 22.8 Å². The van der Waals surface area contributed by atoms with E-state index in [2.05, 4.69) is 44.0 Å². The second-order valence-electron chi connectivity index (χ2n) is 9.42. The summed E-state index contributed by atoms with van der Waals surface area (Å²) in [6.07, 6.45) is 4.85. The van der Waals surface area contributed by atoms with Crippen LogP contribution in [0.3, 0.4) is 0 Å². The van der Waals surface area contributed by atoms with Crippen LogP contribution < -0.4 is 5.43 Å². The van der Waals surface area contributed by atoms with Crippen molar-refractivity contribution in [2.75, 3.05) is 0 Å². The number of fused-ring (bicyclic) bond motifs is 4. The van der Waals surface area contributed by atoms with Crippen LogP contribution in [0.5, 0.6) is 0 Å². The molecule has 0 spiro atoms. The molecule has 0 amide bonds. The van der Waals surface area contributed by atoms with Crippen molar-refractivity contribution in [3.63, 3.8) is 0 Å². The van der Waals surface area contributed by atoms with Crippen molar-refractivity contribution >= 4 is 17.1 Å². The van der Waals surface area contributed by atoms with Gasteiger partial charge in [-0.05, 0) is 46.2 Å². The number of aromatic carboxylic acids is 1. The maximum atomic E-state index is 12.6. The molecule has 1 N–H and O–H groups in total. The molecule has 1 aliphatic heterocycles. The van der Waals surface area contributed by atoms with Gasteiger partial charge in [0.25, 0.3) is 0 Å². The summed E-state index contributed by atoms with van der Waals surface area (Å²) in [5.74, 6) is -1.18. The Labute approximate surface area is 180 Å². The average molecular weight is 412 g/mol. The lowest BCUT2D eigenvalue weighted by atomic mass is 9.78.